The van der Waals surface area contributed by atoms with Gasteiger partial charge in [0, 0.05) is 19.6 Å². The molecule has 31 heavy (non-hydrogen) atoms. The molecule has 3 aromatic rings. The van der Waals surface area contributed by atoms with Crippen LogP contribution in [-0.2, 0) is 20.6 Å². The number of fused-ring (bicyclic) bond motifs is 1. The second-order valence-electron chi connectivity index (χ2n) is 6.83. The van der Waals surface area contributed by atoms with E-state index in [9.17, 15) is 4.79 Å². The third-order valence-electron chi connectivity index (χ3n) is 4.64. The summed E-state index contributed by atoms with van der Waals surface area (Å²) in [5, 5.41) is 4.19. The van der Waals surface area contributed by atoms with Crippen LogP contribution in [0.4, 0.5) is 5.82 Å². The number of nitrogens with one attached hydrogen (secondary N) is 1. The molecular formula is C23H29N3O4S. The Kier molecular flexibility index (Phi) is 8.34. The van der Waals surface area contributed by atoms with Gasteiger partial charge in [0.1, 0.15) is 21.3 Å². The first-order chi connectivity index (χ1) is 15.1. The number of carbonyl (C=O) groups is 1. The van der Waals surface area contributed by atoms with Crippen LogP contribution >= 0.6 is 11.3 Å². The monoisotopic (exact) mass is 443 g/mol. The van der Waals surface area contributed by atoms with E-state index in [1.807, 2.05) is 51.1 Å². The van der Waals surface area contributed by atoms with Crippen molar-refractivity contribution in [2.75, 3.05) is 31.7 Å². The smallest absolute Gasteiger partial charge is 0.348 e. The molecule has 166 valence electrons. The van der Waals surface area contributed by atoms with Crippen LogP contribution in [-0.4, -0.2) is 48.6 Å². The van der Waals surface area contributed by atoms with Crippen molar-refractivity contribution in [1.82, 2.24) is 9.97 Å². The Labute approximate surface area is 186 Å². The lowest BCUT2D eigenvalue weighted by Crippen LogP contribution is -2.27. The normalized spacial score (nSPS) is 11.3. The van der Waals surface area contributed by atoms with E-state index in [0.29, 0.717) is 49.3 Å². The third-order valence-corrected chi connectivity index (χ3v) is 5.81. The van der Waals surface area contributed by atoms with Gasteiger partial charge in [0.15, 0.2) is 6.29 Å². The molecule has 0 atom stereocenters. The first-order valence-electron chi connectivity index (χ1n) is 10.5. The highest BCUT2D eigenvalue weighted by atomic mass is 32.1. The number of rotatable bonds is 11. The molecule has 0 fully saturated rings. The van der Waals surface area contributed by atoms with Gasteiger partial charge in [-0.1, -0.05) is 30.3 Å². The van der Waals surface area contributed by atoms with Gasteiger partial charge in [-0.05, 0) is 38.8 Å². The van der Waals surface area contributed by atoms with Crippen LogP contribution in [0.25, 0.3) is 10.2 Å². The summed E-state index contributed by atoms with van der Waals surface area (Å²) in [6.07, 6.45) is 0.207. The standard InChI is InChI=1S/C23H29N3O4S/c1-5-28-18(29-6-2)14-24-21-19-15(4)20(23(27)30-7-3)31-22(19)26-17(25-21)13-16-11-9-8-10-12-16/h8-12,18H,5-7,13-14H2,1-4H3,(H,24,25,26). The molecule has 0 amide bonds. The Morgan fingerprint density at radius 3 is 2.42 bits per heavy atom. The van der Waals surface area contributed by atoms with E-state index in [2.05, 4.69) is 5.32 Å². The summed E-state index contributed by atoms with van der Waals surface area (Å²) in [7, 11) is 0. The fourth-order valence-corrected chi connectivity index (χ4v) is 4.37. The molecule has 0 radical (unpaired) electrons. The molecule has 0 saturated heterocycles. The molecule has 0 spiro atoms. The average molecular weight is 444 g/mol. The van der Waals surface area contributed by atoms with E-state index in [1.54, 1.807) is 6.92 Å². The highest BCUT2D eigenvalue weighted by Crippen LogP contribution is 2.34. The maximum Gasteiger partial charge on any atom is 0.348 e. The quantitative estimate of drug-likeness (QED) is 0.343. The molecule has 8 heteroatoms. The van der Waals surface area contributed by atoms with E-state index in [1.165, 1.54) is 11.3 Å². The number of thiophene rings is 1. The SMILES string of the molecule is CCOC(=O)c1sc2nc(Cc3ccccc3)nc(NCC(OCC)OCC)c2c1C. The highest BCUT2D eigenvalue weighted by molar-refractivity contribution is 7.20. The van der Waals surface area contributed by atoms with Crippen LogP contribution in [0.3, 0.4) is 0 Å². The van der Waals surface area contributed by atoms with E-state index >= 15 is 0 Å². The Morgan fingerprint density at radius 1 is 1.06 bits per heavy atom. The van der Waals surface area contributed by atoms with Gasteiger partial charge in [0.25, 0.3) is 0 Å². The second-order valence-corrected chi connectivity index (χ2v) is 7.83. The Balaban J connectivity index is 1.99. The zero-order valence-electron chi connectivity index (χ0n) is 18.4. The molecule has 0 unspecified atom stereocenters. The lowest BCUT2D eigenvalue weighted by molar-refractivity contribution is -0.126. The van der Waals surface area contributed by atoms with Crippen LogP contribution in [0.2, 0.25) is 0 Å². The minimum Gasteiger partial charge on any atom is -0.462 e. The zero-order chi connectivity index (χ0) is 22.2. The molecule has 0 saturated carbocycles. The fourth-order valence-electron chi connectivity index (χ4n) is 3.28. The van der Waals surface area contributed by atoms with Crippen molar-refractivity contribution >= 4 is 33.3 Å². The largest absolute Gasteiger partial charge is 0.462 e. The molecule has 3 rings (SSSR count). The van der Waals surface area contributed by atoms with Gasteiger partial charge in [0.2, 0.25) is 0 Å². The summed E-state index contributed by atoms with van der Waals surface area (Å²) >= 11 is 1.34. The molecule has 0 aliphatic rings. The summed E-state index contributed by atoms with van der Waals surface area (Å²) in [5.74, 6) is 1.02. The summed E-state index contributed by atoms with van der Waals surface area (Å²) in [5.41, 5.74) is 1.93. The van der Waals surface area contributed by atoms with Crippen molar-refractivity contribution in [3.05, 3.63) is 52.2 Å². The lowest BCUT2D eigenvalue weighted by atomic mass is 10.1. The van der Waals surface area contributed by atoms with Gasteiger partial charge in [-0.2, -0.15) is 0 Å². The Hall–Kier alpha value is -2.55. The number of hydrogen-bond acceptors (Lipinski definition) is 8. The average Bonchev–Trinajstić information content (AvgIpc) is 3.09. The predicted molar refractivity (Wildman–Crippen MR) is 123 cm³/mol. The highest BCUT2D eigenvalue weighted by Gasteiger charge is 2.22. The number of anilines is 1. The first kappa shape index (κ1) is 23.1. The van der Waals surface area contributed by atoms with Gasteiger partial charge in [0.05, 0.1) is 18.5 Å². The van der Waals surface area contributed by atoms with Gasteiger partial charge in [-0.25, -0.2) is 14.8 Å². The zero-order valence-corrected chi connectivity index (χ0v) is 19.3. The topological polar surface area (TPSA) is 82.6 Å². The van der Waals surface area contributed by atoms with Gasteiger partial charge in [-0.15, -0.1) is 11.3 Å². The van der Waals surface area contributed by atoms with Crippen molar-refractivity contribution in [1.29, 1.82) is 0 Å². The maximum absolute atomic E-state index is 12.4. The summed E-state index contributed by atoms with van der Waals surface area (Å²) in [6, 6.07) is 10.1. The van der Waals surface area contributed by atoms with E-state index in [0.717, 1.165) is 21.3 Å². The summed E-state index contributed by atoms with van der Waals surface area (Å²) in [6.45, 7) is 9.43. The van der Waals surface area contributed by atoms with Gasteiger partial charge >= 0.3 is 5.97 Å². The maximum atomic E-state index is 12.4. The molecule has 0 aliphatic carbocycles. The fraction of sp³-hybridized carbons (Fsp3) is 0.435. The minimum absolute atomic E-state index is 0.326. The Morgan fingerprint density at radius 2 is 1.77 bits per heavy atom. The van der Waals surface area contributed by atoms with Crippen molar-refractivity contribution in [3.8, 4) is 0 Å². The number of ether oxygens (including phenoxy) is 3. The van der Waals surface area contributed by atoms with Gasteiger partial charge < -0.3 is 19.5 Å². The van der Waals surface area contributed by atoms with E-state index < -0.39 is 0 Å². The van der Waals surface area contributed by atoms with Crippen LogP contribution in [0.5, 0.6) is 0 Å². The predicted octanol–water partition coefficient (Wildman–Crippen LogP) is 4.58. The molecule has 0 bridgehead atoms. The number of esters is 1. The minimum atomic E-state index is -0.388. The third kappa shape index (κ3) is 5.78. The van der Waals surface area contributed by atoms with E-state index in [4.69, 9.17) is 24.2 Å². The summed E-state index contributed by atoms with van der Waals surface area (Å²) < 4.78 is 16.5. The van der Waals surface area contributed by atoms with Crippen LogP contribution < -0.4 is 5.32 Å². The molecule has 1 aromatic carbocycles. The number of carbonyl (C=O) groups excluding carboxylic acids is 1. The second kappa shape index (κ2) is 11.2. The van der Waals surface area contributed by atoms with Crippen LogP contribution in [0.1, 0.15) is 47.4 Å². The van der Waals surface area contributed by atoms with Crippen molar-refractivity contribution in [2.24, 2.45) is 0 Å². The number of hydrogen-bond donors (Lipinski definition) is 1. The number of aromatic nitrogens is 2. The Bertz CT molecular complexity index is 1000. The number of nitrogens with zero attached hydrogens (tertiary/aromatic N) is 2. The molecule has 2 aromatic heterocycles. The number of benzene rings is 1. The van der Waals surface area contributed by atoms with Crippen molar-refractivity contribution < 1.29 is 19.0 Å². The van der Waals surface area contributed by atoms with Crippen molar-refractivity contribution in [3.63, 3.8) is 0 Å². The van der Waals surface area contributed by atoms with E-state index in [-0.39, 0.29) is 12.3 Å². The summed E-state index contributed by atoms with van der Waals surface area (Å²) in [4.78, 5) is 23.3. The molecular weight excluding hydrogens is 414 g/mol. The van der Waals surface area contributed by atoms with Crippen LogP contribution in [0, 0.1) is 6.92 Å². The van der Waals surface area contributed by atoms with Gasteiger partial charge in [-0.3, -0.25) is 0 Å². The van der Waals surface area contributed by atoms with Crippen LogP contribution in [0.15, 0.2) is 30.3 Å². The lowest BCUT2D eigenvalue weighted by Gasteiger charge is -2.18. The molecule has 1 N–H and O–H groups in total. The molecule has 7 nitrogen and oxygen atoms in total. The van der Waals surface area contributed by atoms with Crippen molar-refractivity contribution in [2.45, 2.75) is 40.4 Å². The number of aryl methyl sites for hydroxylation is 1. The first-order valence-corrected chi connectivity index (χ1v) is 11.4. The molecule has 0 aliphatic heterocycles. The molecule has 2 heterocycles.